The molecule has 0 aliphatic carbocycles. The maximum absolute atomic E-state index is 11.9. The van der Waals surface area contributed by atoms with Crippen LogP contribution in [0.25, 0.3) is 0 Å². The number of rotatable bonds is 7. The number of para-hydroxylation sites is 1. The van der Waals surface area contributed by atoms with E-state index in [2.05, 4.69) is 34.8 Å². The molecule has 0 spiro atoms. The maximum atomic E-state index is 11.9. The van der Waals surface area contributed by atoms with Crippen molar-refractivity contribution in [3.05, 3.63) is 52.1 Å². The van der Waals surface area contributed by atoms with Gasteiger partial charge in [-0.25, -0.2) is 0 Å². The summed E-state index contributed by atoms with van der Waals surface area (Å²) in [6.07, 6.45) is 0.969. The Morgan fingerprint density at radius 2 is 1.68 bits per heavy atom. The van der Waals surface area contributed by atoms with Crippen LogP contribution >= 0.6 is 22.6 Å². The first-order valence-electron chi connectivity index (χ1n) is 7.09. The maximum Gasteiger partial charge on any atom is 0.262 e. The minimum atomic E-state index is -0.185. The van der Waals surface area contributed by atoms with Crippen molar-refractivity contribution in [1.29, 1.82) is 0 Å². The van der Waals surface area contributed by atoms with Crippen molar-refractivity contribution in [2.75, 3.05) is 18.5 Å². The van der Waals surface area contributed by atoms with Crippen LogP contribution in [0, 0.1) is 3.57 Å². The van der Waals surface area contributed by atoms with E-state index in [1.165, 1.54) is 0 Å². The highest BCUT2D eigenvalue weighted by Gasteiger charge is 2.06. The summed E-state index contributed by atoms with van der Waals surface area (Å²) in [4.78, 5) is 11.9. The molecular weight excluding hydrogens is 393 g/mol. The summed E-state index contributed by atoms with van der Waals surface area (Å²) in [5, 5.41) is 2.82. The van der Waals surface area contributed by atoms with E-state index < -0.39 is 0 Å². The van der Waals surface area contributed by atoms with Crippen LogP contribution in [0.3, 0.4) is 0 Å². The number of hydrogen-bond donors (Lipinski definition) is 1. The Labute approximate surface area is 144 Å². The number of carbonyl (C=O) groups is 1. The molecule has 116 valence electrons. The number of hydrogen-bond acceptors (Lipinski definition) is 3. The quantitative estimate of drug-likeness (QED) is 0.699. The lowest BCUT2D eigenvalue weighted by Gasteiger charge is -2.09. The third-order valence-electron chi connectivity index (χ3n) is 2.81. The number of amides is 1. The van der Waals surface area contributed by atoms with Gasteiger partial charge in [-0.3, -0.25) is 4.79 Å². The predicted octanol–water partition coefficient (Wildman–Crippen LogP) is 4.10. The fraction of sp³-hybridized carbons (Fsp3) is 0.235. The van der Waals surface area contributed by atoms with Crippen LogP contribution in [-0.4, -0.2) is 19.1 Å². The molecule has 0 aliphatic heterocycles. The standard InChI is InChI=1S/C17H18INO3/c1-2-11-21-13-7-9-14(10-8-13)22-12-17(20)19-16-6-4-3-5-15(16)18/h3-10H,2,11-12H2,1H3,(H,19,20). The van der Waals surface area contributed by atoms with Crippen molar-refractivity contribution in [2.24, 2.45) is 0 Å². The van der Waals surface area contributed by atoms with E-state index in [0.29, 0.717) is 12.4 Å². The first-order valence-corrected chi connectivity index (χ1v) is 8.17. The summed E-state index contributed by atoms with van der Waals surface area (Å²) in [6, 6.07) is 14.9. The Hall–Kier alpha value is -1.76. The molecule has 22 heavy (non-hydrogen) atoms. The molecule has 0 heterocycles. The molecule has 0 fully saturated rings. The van der Waals surface area contributed by atoms with Crippen molar-refractivity contribution >= 4 is 34.2 Å². The highest BCUT2D eigenvalue weighted by Crippen LogP contribution is 2.19. The largest absolute Gasteiger partial charge is 0.494 e. The van der Waals surface area contributed by atoms with Crippen LogP contribution in [0.2, 0.25) is 0 Å². The van der Waals surface area contributed by atoms with Crippen LogP contribution in [-0.2, 0) is 4.79 Å². The first-order chi connectivity index (χ1) is 10.7. The predicted molar refractivity (Wildman–Crippen MR) is 95.5 cm³/mol. The molecule has 2 rings (SSSR count). The van der Waals surface area contributed by atoms with Gasteiger partial charge in [0.15, 0.2) is 6.61 Å². The highest BCUT2D eigenvalue weighted by molar-refractivity contribution is 14.1. The van der Waals surface area contributed by atoms with E-state index in [-0.39, 0.29) is 12.5 Å². The van der Waals surface area contributed by atoms with Gasteiger partial charge in [-0.2, -0.15) is 0 Å². The summed E-state index contributed by atoms with van der Waals surface area (Å²) >= 11 is 2.18. The van der Waals surface area contributed by atoms with Crippen molar-refractivity contribution in [3.8, 4) is 11.5 Å². The van der Waals surface area contributed by atoms with Crippen LogP contribution < -0.4 is 14.8 Å². The fourth-order valence-electron chi connectivity index (χ4n) is 1.75. The summed E-state index contributed by atoms with van der Waals surface area (Å²) in [7, 11) is 0. The number of nitrogens with one attached hydrogen (secondary N) is 1. The molecule has 2 aromatic rings. The second kappa shape index (κ2) is 8.63. The molecule has 2 aromatic carbocycles. The molecule has 0 radical (unpaired) electrons. The lowest BCUT2D eigenvalue weighted by atomic mass is 10.3. The number of halogens is 1. The van der Waals surface area contributed by atoms with Gasteiger partial charge in [0, 0.05) is 3.57 Å². The van der Waals surface area contributed by atoms with E-state index >= 15 is 0 Å². The zero-order valence-corrected chi connectivity index (χ0v) is 14.5. The number of carbonyl (C=O) groups excluding carboxylic acids is 1. The Bertz CT molecular complexity index is 614. The van der Waals surface area contributed by atoms with Crippen LogP contribution in [0.1, 0.15) is 13.3 Å². The third-order valence-corrected chi connectivity index (χ3v) is 3.76. The van der Waals surface area contributed by atoms with E-state index in [1.807, 2.05) is 36.4 Å². The smallest absolute Gasteiger partial charge is 0.262 e. The molecule has 1 amide bonds. The van der Waals surface area contributed by atoms with E-state index in [9.17, 15) is 4.79 Å². The third kappa shape index (κ3) is 5.22. The van der Waals surface area contributed by atoms with Gasteiger partial charge in [-0.05, 0) is 65.4 Å². The lowest BCUT2D eigenvalue weighted by Crippen LogP contribution is -2.20. The minimum absolute atomic E-state index is 0.0276. The average molecular weight is 411 g/mol. The minimum Gasteiger partial charge on any atom is -0.494 e. The van der Waals surface area contributed by atoms with Gasteiger partial charge in [0.25, 0.3) is 5.91 Å². The molecule has 5 heteroatoms. The van der Waals surface area contributed by atoms with Crippen molar-refractivity contribution in [3.63, 3.8) is 0 Å². The first kappa shape index (κ1) is 16.6. The van der Waals surface area contributed by atoms with E-state index in [4.69, 9.17) is 9.47 Å². The molecule has 0 aliphatic rings. The second-order valence-electron chi connectivity index (χ2n) is 4.64. The molecule has 4 nitrogen and oxygen atoms in total. The second-order valence-corrected chi connectivity index (χ2v) is 5.80. The average Bonchev–Trinajstić information content (AvgIpc) is 2.54. The number of anilines is 1. The monoisotopic (exact) mass is 411 g/mol. The zero-order chi connectivity index (χ0) is 15.8. The Kier molecular flexibility index (Phi) is 6.51. The van der Waals surface area contributed by atoms with Crippen LogP contribution in [0.4, 0.5) is 5.69 Å². The van der Waals surface area contributed by atoms with Gasteiger partial charge in [-0.15, -0.1) is 0 Å². The molecule has 0 unspecified atom stereocenters. The Balaban J connectivity index is 1.82. The van der Waals surface area contributed by atoms with E-state index in [1.54, 1.807) is 12.1 Å². The van der Waals surface area contributed by atoms with Gasteiger partial charge >= 0.3 is 0 Å². The Morgan fingerprint density at radius 1 is 1.05 bits per heavy atom. The molecule has 0 saturated carbocycles. The number of ether oxygens (including phenoxy) is 2. The molecule has 0 saturated heterocycles. The molecular formula is C17H18INO3. The topological polar surface area (TPSA) is 47.6 Å². The van der Waals surface area contributed by atoms with Crippen molar-refractivity contribution in [2.45, 2.75) is 13.3 Å². The molecule has 0 bridgehead atoms. The van der Waals surface area contributed by atoms with Gasteiger partial charge in [0.2, 0.25) is 0 Å². The summed E-state index contributed by atoms with van der Waals surface area (Å²) in [5.41, 5.74) is 0.792. The Morgan fingerprint density at radius 3 is 2.32 bits per heavy atom. The molecule has 1 N–H and O–H groups in total. The number of benzene rings is 2. The SMILES string of the molecule is CCCOc1ccc(OCC(=O)Nc2ccccc2I)cc1. The highest BCUT2D eigenvalue weighted by atomic mass is 127. The van der Waals surface area contributed by atoms with Gasteiger partial charge in [0.1, 0.15) is 11.5 Å². The summed E-state index contributed by atoms with van der Waals surface area (Å²) in [6.45, 7) is 2.72. The van der Waals surface area contributed by atoms with Crippen molar-refractivity contribution < 1.29 is 14.3 Å². The zero-order valence-electron chi connectivity index (χ0n) is 12.3. The summed E-state index contributed by atoms with van der Waals surface area (Å²) in [5.74, 6) is 1.26. The summed E-state index contributed by atoms with van der Waals surface area (Å²) < 4.78 is 12.0. The lowest BCUT2D eigenvalue weighted by molar-refractivity contribution is -0.118. The molecule has 0 aromatic heterocycles. The van der Waals surface area contributed by atoms with E-state index in [0.717, 1.165) is 21.4 Å². The van der Waals surface area contributed by atoms with Crippen LogP contribution in [0.5, 0.6) is 11.5 Å². The van der Waals surface area contributed by atoms with Crippen molar-refractivity contribution in [1.82, 2.24) is 0 Å². The van der Waals surface area contributed by atoms with Crippen LogP contribution in [0.15, 0.2) is 48.5 Å². The normalized spacial score (nSPS) is 10.1. The van der Waals surface area contributed by atoms with Gasteiger partial charge < -0.3 is 14.8 Å². The van der Waals surface area contributed by atoms with Gasteiger partial charge in [0.05, 0.1) is 12.3 Å². The van der Waals surface area contributed by atoms with Gasteiger partial charge in [-0.1, -0.05) is 19.1 Å². The fourth-order valence-corrected chi connectivity index (χ4v) is 2.27. The molecule has 0 atom stereocenters.